The summed E-state index contributed by atoms with van der Waals surface area (Å²) in [5.41, 5.74) is 0. The lowest BCUT2D eigenvalue weighted by Crippen LogP contribution is -2.11. The Labute approximate surface area is 147 Å². The molecule has 120 valence electrons. The maximum Gasteiger partial charge on any atom is 0.210 e. The lowest BCUT2D eigenvalue weighted by atomic mass is 10.3. The van der Waals surface area contributed by atoms with Crippen molar-refractivity contribution < 1.29 is 4.74 Å². The molecule has 0 fully saturated rings. The Balaban J connectivity index is 1.45. The van der Waals surface area contributed by atoms with Crippen molar-refractivity contribution in [3.8, 4) is 16.5 Å². The summed E-state index contributed by atoms with van der Waals surface area (Å²) in [6.45, 7) is 0.630. The molecule has 0 aliphatic carbocycles. The Morgan fingerprint density at radius 1 is 1.22 bits per heavy atom. The maximum absolute atomic E-state index is 6.05. The monoisotopic (exact) mass is 366 g/mol. The number of ether oxygens (including phenoxy) is 1. The summed E-state index contributed by atoms with van der Waals surface area (Å²) in [7, 11) is 0. The fourth-order valence-electron chi connectivity index (χ4n) is 1.89. The molecule has 1 aromatic carbocycles. The zero-order valence-electron chi connectivity index (χ0n) is 12.2. The molecule has 8 heteroatoms. The van der Waals surface area contributed by atoms with Gasteiger partial charge in [-0.3, -0.25) is 0 Å². The first-order valence-electron chi connectivity index (χ1n) is 6.99. The van der Waals surface area contributed by atoms with Gasteiger partial charge in [-0.2, -0.15) is 0 Å². The van der Waals surface area contributed by atoms with Gasteiger partial charge in [0.05, 0.1) is 11.5 Å². The summed E-state index contributed by atoms with van der Waals surface area (Å²) in [5.74, 6) is 8.42. The second kappa shape index (κ2) is 7.72. The van der Waals surface area contributed by atoms with Crippen molar-refractivity contribution in [2.75, 3.05) is 18.2 Å². The van der Waals surface area contributed by atoms with Crippen LogP contribution < -0.4 is 10.6 Å². The Morgan fingerprint density at radius 2 is 2.04 bits per heavy atom. The molecule has 3 rings (SSSR count). The molecule has 0 atom stereocenters. The van der Waals surface area contributed by atoms with Crippen molar-refractivity contribution in [2.45, 2.75) is 11.6 Å². The number of rotatable bonds is 7. The zero-order valence-corrected chi connectivity index (χ0v) is 14.6. The number of aromatic nitrogens is 3. The maximum atomic E-state index is 6.05. The van der Waals surface area contributed by atoms with E-state index >= 15 is 0 Å². The fraction of sp³-hybridized carbons (Fsp3) is 0.200. The third-order valence-electron chi connectivity index (χ3n) is 3.01. The molecule has 23 heavy (non-hydrogen) atoms. The van der Waals surface area contributed by atoms with Crippen LogP contribution in [0.3, 0.4) is 0 Å². The van der Waals surface area contributed by atoms with Gasteiger partial charge in [-0.25, -0.2) is 4.68 Å². The molecule has 5 nitrogen and oxygen atoms in total. The van der Waals surface area contributed by atoms with Crippen molar-refractivity contribution in [3.05, 3.63) is 46.8 Å². The SMILES string of the molecule is Nn1c(SCCCOc2ccc(Cl)cc2)nnc1-c1cccs1. The van der Waals surface area contributed by atoms with Crippen LogP contribution in [0.25, 0.3) is 10.7 Å². The predicted molar refractivity (Wildman–Crippen MR) is 95.8 cm³/mol. The molecule has 0 unspecified atom stereocenters. The minimum atomic E-state index is 0.630. The number of nitrogens with two attached hydrogens (primary N) is 1. The highest BCUT2D eigenvalue weighted by Crippen LogP contribution is 2.25. The largest absolute Gasteiger partial charge is 0.494 e. The van der Waals surface area contributed by atoms with E-state index in [0.717, 1.165) is 22.8 Å². The van der Waals surface area contributed by atoms with E-state index in [1.165, 1.54) is 4.68 Å². The quantitative estimate of drug-likeness (QED) is 0.390. The molecular formula is C15H15ClN4OS2. The third-order valence-corrected chi connectivity index (χ3v) is 5.16. The zero-order chi connectivity index (χ0) is 16.1. The number of hydrogen-bond donors (Lipinski definition) is 1. The number of thiophene rings is 1. The van der Waals surface area contributed by atoms with Crippen molar-refractivity contribution in [1.82, 2.24) is 14.9 Å². The first-order valence-corrected chi connectivity index (χ1v) is 9.24. The molecule has 0 radical (unpaired) electrons. The predicted octanol–water partition coefficient (Wildman–Crippen LogP) is 3.94. The standard InChI is InChI=1S/C15H15ClN4OS2/c16-11-4-6-12(7-5-11)21-8-2-10-23-15-19-18-14(20(15)17)13-3-1-9-22-13/h1,3-7,9H,2,8,10,17H2. The smallest absolute Gasteiger partial charge is 0.210 e. The second-order valence-electron chi connectivity index (χ2n) is 4.66. The molecule has 0 spiro atoms. The van der Waals surface area contributed by atoms with E-state index in [2.05, 4.69) is 10.2 Å². The highest BCUT2D eigenvalue weighted by Gasteiger charge is 2.12. The topological polar surface area (TPSA) is 66.0 Å². The lowest BCUT2D eigenvalue weighted by molar-refractivity contribution is 0.318. The van der Waals surface area contributed by atoms with E-state index < -0.39 is 0 Å². The molecule has 0 aliphatic rings. The van der Waals surface area contributed by atoms with Gasteiger partial charge in [0.25, 0.3) is 0 Å². The van der Waals surface area contributed by atoms with Gasteiger partial charge in [0.2, 0.25) is 5.16 Å². The molecule has 0 amide bonds. The van der Waals surface area contributed by atoms with Gasteiger partial charge in [-0.15, -0.1) is 21.5 Å². The summed E-state index contributed by atoms with van der Waals surface area (Å²) in [6.07, 6.45) is 0.883. The van der Waals surface area contributed by atoms with Crippen LogP contribution >= 0.6 is 34.7 Å². The van der Waals surface area contributed by atoms with Crippen LogP contribution in [-0.2, 0) is 0 Å². The van der Waals surface area contributed by atoms with Crippen molar-refractivity contribution in [2.24, 2.45) is 0 Å². The summed E-state index contributed by atoms with van der Waals surface area (Å²) < 4.78 is 7.19. The van der Waals surface area contributed by atoms with Crippen molar-refractivity contribution in [3.63, 3.8) is 0 Å². The molecule has 0 aliphatic heterocycles. The second-order valence-corrected chi connectivity index (χ2v) is 7.10. The average Bonchev–Trinajstić information content (AvgIpc) is 3.19. The average molecular weight is 367 g/mol. The van der Waals surface area contributed by atoms with E-state index in [-0.39, 0.29) is 0 Å². The van der Waals surface area contributed by atoms with Gasteiger partial charge in [0.1, 0.15) is 5.75 Å². The van der Waals surface area contributed by atoms with Crippen LogP contribution in [-0.4, -0.2) is 27.2 Å². The van der Waals surface area contributed by atoms with E-state index in [4.69, 9.17) is 22.2 Å². The number of halogens is 1. The van der Waals surface area contributed by atoms with Crippen LogP contribution in [0.15, 0.2) is 46.9 Å². The van der Waals surface area contributed by atoms with Gasteiger partial charge in [-0.05, 0) is 42.1 Å². The molecule has 0 saturated heterocycles. The molecule has 0 bridgehead atoms. The number of benzene rings is 1. The lowest BCUT2D eigenvalue weighted by Gasteiger charge is -2.06. The van der Waals surface area contributed by atoms with Gasteiger partial charge in [0.15, 0.2) is 5.82 Å². The Kier molecular flexibility index (Phi) is 5.43. The van der Waals surface area contributed by atoms with Crippen LogP contribution in [0.1, 0.15) is 6.42 Å². The summed E-state index contributed by atoms with van der Waals surface area (Å²) >= 11 is 8.99. The van der Waals surface area contributed by atoms with Gasteiger partial charge >= 0.3 is 0 Å². The number of nitrogen functional groups attached to an aromatic ring is 1. The van der Waals surface area contributed by atoms with E-state index in [1.807, 2.05) is 41.8 Å². The Hall–Kier alpha value is -1.70. The first-order chi connectivity index (χ1) is 11.2. The highest BCUT2D eigenvalue weighted by atomic mass is 35.5. The third kappa shape index (κ3) is 4.19. The summed E-state index contributed by atoms with van der Waals surface area (Å²) in [4.78, 5) is 1.01. The van der Waals surface area contributed by atoms with Crippen LogP contribution in [0.4, 0.5) is 0 Å². The van der Waals surface area contributed by atoms with Crippen LogP contribution in [0.5, 0.6) is 5.75 Å². The minimum absolute atomic E-state index is 0.630. The highest BCUT2D eigenvalue weighted by molar-refractivity contribution is 7.99. The fourth-order valence-corrected chi connectivity index (χ4v) is 3.49. The number of hydrogen-bond acceptors (Lipinski definition) is 6. The Bertz CT molecular complexity index is 743. The van der Waals surface area contributed by atoms with E-state index in [1.54, 1.807) is 23.1 Å². The first kappa shape index (κ1) is 16.2. The molecule has 2 heterocycles. The summed E-state index contributed by atoms with van der Waals surface area (Å²) in [5, 5.41) is 11.7. The summed E-state index contributed by atoms with van der Waals surface area (Å²) in [6, 6.07) is 11.3. The van der Waals surface area contributed by atoms with Gasteiger partial charge < -0.3 is 10.6 Å². The molecule has 2 aromatic heterocycles. The van der Waals surface area contributed by atoms with E-state index in [0.29, 0.717) is 22.6 Å². The Morgan fingerprint density at radius 3 is 2.78 bits per heavy atom. The molecule has 2 N–H and O–H groups in total. The normalized spacial score (nSPS) is 10.8. The number of nitrogens with zero attached hydrogens (tertiary/aromatic N) is 3. The molecular weight excluding hydrogens is 352 g/mol. The minimum Gasteiger partial charge on any atom is -0.494 e. The van der Waals surface area contributed by atoms with Crippen LogP contribution in [0.2, 0.25) is 5.02 Å². The number of thioether (sulfide) groups is 1. The van der Waals surface area contributed by atoms with Crippen LogP contribution in [0, 0.1) is 0 Å². The van der Waals surface area contributed by atoms with Gasteiger partial charge in [-0.1, -0.05) is 29.4 Å². The molecule has 3 aromatic rings. The van der Waals surface area contributed by atoms with Crippen molar-refractivity contribution in [1.29, 1.82) is 0 Å². The van der Waals surface area contributed by atoms with E-state index in [9.17, 15) is 0 Å². The van der Waals surface area contributed by atoms with Crippen molar-refractivity contribution >= 4 is 34.7 Å². The molecule has 0 saturated carbocycles. The van der Waals surface area contributed by atoms with Gasteiger partial charge in [0, 0.05) is 10.8 Å².